The molecule has 0 saturated carbocycles. The van der Waals surface area contributed by atoms with Crippen molar-refractivity contribution in [1.29, 1.82) is 0 Å². The topological polar surface area (TPSA) is 69.7 Å². The van der Waals surface area contributed by atoms with E-state index < -0.39 is 6.04 Å². The SMILES string of the molecule is CCCNC(=O)C(C)N(Cc1ccc(F)cc1)C(=O)CCCN1C(=O)c2cccc3cccc1c23. The first-order valence-electron chi connectivity index (χ1n) is 12.1. The van der Waals surface area contributed by atoms with Gasteiger partial charge in [0.2, 0.25) is 11.8 Å². The standard InChI is InChI=1S/C28H30FN3O3/c1-3-16-30-27(34)19(2)32(18-20-12-14-22(29)15-13-20)25(33)11-6-17-31-24-10-5-8-21-7-4-9-23(26(21)24)28(31)35/h4-5,7-10,12-15,19H,3,6,11,16-18H2,1-2H3,(H,30,34). The number of benzene rings is 3. The maximum atomic E-state index is 13.4. The average molecular weight is 476 g/mol. The van der Waals surface area contributed by atoms with E-state index in [-0.39, 0.29) is 36.5 Å². The van der Waals surface area contributed by atoms with Crippen molar-refractivity contribution in [3.63, 3.8) is 0 Å². The van der Waals surface area contributed by atoms with Gasteiger partial charge >= 0.3 is 0 Å². The number of amides is 3. The van der Waals surface area contributed by atoms with Gasteiger partial charge in [-0.15, -0.1) is 0 Å². The van der Waals surface area contributed by atoms with Crippen molar-refractivity contribution < 1.29 is 18.8 Å². The van der Waals surface area contributed by atoms with E-state index in [4.69, 9.17) is 0 Å². The Kier molecular flexibility index (Phi) is 7.44. The lowest BCUT2D eigenvalue weighted by atomic mass is 10.1. The van der Waals surface area contributed by atoms with Crippen LogP contribution in [0.2, 0.25) is 0 Å². The molecule has 1 atom stereocenters. The van der Waals surface area contributed by atoms with Crippen molar-refractivity contribution in [2.45, 2.75) is 45.7 Å². The molecule has 1 aliphatic heterocycles. The second-order valence-corrected chi connectivity index (χ2v) is 8.86. The maximum absolute atomic E-state index is 13.4. The first kappa shape index (κ1) is 24.4. The van der Waals surface area contributed by atoms with E-state index in [1.165, 1.54) is 17.0 Å². The number of hydrogen-bond donors (Lipinski definition) is 1. The molecule has 0 saturated heterocycles. The van der Waals surface area contributed by atoms with Crippen molar-refractivity contribution in [3.8, 4) is 0 Å². The van der Waals surface area contributed by atoms with Crippen molar-refractivity contribution >= 4 is 34.2 Å². The summed E-state index contributed by atoms with van der Waals surface area (Å²) in [7, 11) is 0. The van der Waals surface area contributed by atoms with Gasteiger partial charge in [-0.2, -0.15) is 0 Å². The van der Waals surface area contributed by atoms with Crippen molar-refractivity contribution in [1.82, 2.24) is 10.2 Å². The average Bonchev–Trinajstić information content (AvgIpc) is 3.14. The number of halogens is 1. The van der Waals surface area contributed by atoms with Gasteiger partial charge in [0.25, 0.3) is 5.91 Å². The van der Waals surface area contributed by atoms with E-state index in [0.717, 1.165) is 28.4 Å². The number of rotatable bonds is 10. The van der Waals surface area contributed by atoms with Crippen LogP contribution >= 0.6 is 0 Å². The molecule has 35 heavy (non-hydrogen) atoms. The first-order valence-corrected chi connectivity index (χ1v) is 12.1. The van der Waals surface area contributed by atoms with Crippen LogP contribution in [0.15, 0.2) is 60.7 Å². The lowest BCUT2D eigenvalue weighted by molar-refractivity contribution is -0.140. The Morgan fingerprint density at radius 3 is 2.49 bits per heavy atom. The normalized spacial score (nSPS) is 13.2. The van der Waals surface area contributed by atoms with Gasteiger partial charge in [0.1, 0.15) is 11.9 Å². The Bertz CT molecular complexity index is 1240. The highest BCUT2D eigenvalue weighted by Crippen LogP contribution is 2.37. The Balaban J connectivity index is 1.45. The summed E-state index contributed by atoms with van der Waals surface area (Å²) in [6.07, 6.45) is 1.43. The number of nitrogens with zero attached hydrogens (tertiary/aromatic N) is 2. The molecule has 182 valence electrons. The molecule has 1 aliphatic rings. The molecule has 4 rings (SSSR count). The van der Waals surface area contributed by atoms with Crippen LogP contribution in [0.4, 0.5) is 10.1 Å². The van der Waals surface area contributed by atoms with Crippen LogP contribution in [0.5, 0.6) is 0 Å². The number of hydrogen-bond acceptors (Lipinski definition) is 3. The van der Waals surface area contributed by atoms with Crippen molar-refractivity contribution in [2.24, 2.45) is 0 Å². The number of carbonyl (C=O) groups is 3. The van der Waals surface area contributed by atoms with Gasteiger partial charge < -0.3 is 15.1 Å². The van der Waals surface area contributed by atoms with Crippen LogP contribution in [0.25, 0.3) is 10.8 Å². The Morgan fingerprint density at radius 2 is 1.77 bits per heavy atom. The van der Waals surface area contributed by atoms with Gasteiger partial charge in [-0.3, -0.25) is 14.4 Å². The van der Waals surface area contributed by atoms with Crippen LogP contribution < -0.4 is 10.2 Å². The minimum absolute atomic E-state index is 0.0558. The molecule has 0 fully saturated rings. The quantitative estimate of drug-likeness (QED) is 0.464. The summed E-state index contributed by atoms with van der Waals surface area (Å²) >= 11 is 0. The molecule has 1 heterocycles. The molecule has 3 amide bonds. The zero-order valence-electron chi connectivity index (χ0n) is 20.1. The van der Waals surface area contributed by atoms with Crippen molar-refractivity contribution in [3.05, 3.63) is 77.6 Å². The predicted molar refractivity (Wildman–Crippen MR) is 135 cm³/mol. The fourth-order valence-corrected chi connectivity index (χ4v) is 4.50. The third-order valence-electron chi connectivity index (χ3n) is 6.40. The zero-order chi connectivity index (χ0) is 24.9. The predicted octanol–water partition coefficient (Wildman–Crippen LogP) is 4.66. The fraction of sp³-hybridized carbons (Fsp3) is 0.321. The molecule has 0 spiro atoms. The highest BCUT2D eigenvalue weighted by molar-refractivity contribution is 6.25. The second-order valence-electron chi connectivity index (χ2n) is 8.86. The van der Waals surface area contributed by atoms with E-state index in [1.807, 2.05) is 43.3 Å². The van der Waals surface area contributed by atoms with Crippen LogP contribution in [-0.2, 0) is 16.1 Å². The summed E-state index contributed by atoms with van der Waals surface area (Å²) in [5.41, 5.74) is 2.29. The van der Waals surface area contributed by atoms with Crippen LogP contribution in [0.3, 0.4) is 0 Å². The molecule has 3 aromatic rings. The molecule has 0 aliphatic carbocycles. The minimum Gasteiger partial charge on any atom is -0.354 e. The lowest BCUT2D eigenvalue weighted by Gasteiger charge is -2.29. The summed E-state index contributed by atoms with van der Waals surface area (Å²) < 4.78 is 13.4. The highest BCUT2D eigenvalue weighted by atomic mass is 19.1. The van der Waals surface area contributed by atoms with Gasteiger partial charge in [0.05, 0.1) is 5.69 Å². The summed E-state index contributed by atoms with van der Waals surface area (Å²) in [5.74, 6) is -0.818. The molecule has 3 aromatic carbocycles. The maximum Gasteiger partial charge on any atom is 0.258 e. The monoisotopic (exact) mass is 475 g/mol. The number of anilines is 1. The Hall–Kier alpha value is -3.74. The van der Waals surface area contributed by atoms with Gasteiger partial charge in [-0.05, 0) is 55.0 Å². The Labute approximate surface area is 204 Å². The van der Waals surface area contributed by atoms with Crippen LogP contribution in [0, 0.1) is 5.82 Å². The Morgan fingerprint density at radius 1 is 1.06 bits per heavy atom. The van der Waals surface area contributed by atoms with E-state index >= 15 is 0 Å². The highest BCUT2D eigenvalue weighted by Gasteiger charge is 2.30. The van der Waals surface area contributed by atoms with Gasteiger partial charge in [-0.1, -0.05) is 43.3 Å². The van der Waals surface area contributed by atoms with E-state index in [0.29, 0.717) is 25.1 Å². The minimum atomic E-state index is -0.675. The summed E-state index contributed by atoms with van der Waals surface area (Å²) in [6.45, 7) is 4.80. The van der Waals surface area contributed by atoms with Crippen LogP contribution in [0.1, 0.15) is 49.0 Å². The summed E-state index contributed by atoms with van der Waals surface area (Å²) in [4.78, 5) is 42.2. The third-order valence-corrected chi connectivity index (χ3v) is 6.40. The third kappa shape index (κ3) is 5.19. The van der Waals surface area contributed by atoms with Crippen molar-refractivity contribution in [2.75, 3.05) is 18.0 Å². The van der Waals surface area contributed by atoms with Gasteiger partial charge in [0.15, 0.2) is 0 Å². The molecule has 0 radical (unpaired) electrons. The second kappa shape index (κ2) is 10.7. The molecule has 0 aromatic heterocycles. The molecule has 6 nitrogen and oxygen atoms in total. The molecular weight excluding hydrogens is 445 g/mol. The van der Waals surface area contributed by atoms with E-state index in [9.17, 15) is 18.8 Å². The van der Waals surface area contributed by atoms with E-state index in [1.54, 1.807) is 24.0 Å². The molecule has 1 N–H and O–H groups in total. The largest absolute Gasteiger partial charge is 0.354 e. The number of carbonyl (C=O) groups excluding carboxylic acids is 3. The fourth-order valence-electron chi connectivity index (χ4n) is 4.50. The van der Waals surface area contributed by atoms with Gasteiger partial charge in [-0.25, -0.2) is 4.39 Å². The smallest absolute Gasteiger partial charge is 0.258 e. The van der Waals surface area contributed by atoms with E-state index in [2.05, 4.69) is 5.32 Å². The molecule has 7 heteroatoms. The van der Waals surface area contributed by atoms with Gasteiger partial charge in [0, 0.05) is 37.0 Å². The summed E-state index contributed by atoms with van der Waals surface area (Å²) in [6, 6.07) is 16.8. The zero-order valence-corrected chi connectivity index (χ0v) is 20.1. The molecule has 0 bridgehead atoms. The first-order chi connectivity index (χ1) is 16.9. The molecular formula is C28H30FN3O3. The molecule has 1 unspecified atom stereocenters. The lowest BCUT2D eigenvalue weighted by Crippen LogP contribution is -2.47. The summed E-state index contributed by atoms with van der Waals surface area (Å²) in [5, 5.41) is 4.81. The van der Waals surface area contributed by atoms with Crippen LogP contribution in [-0.4, -0.2) is 41.8 Å². The number of nitrogens with one attached hydrogen (secondary N) is 1.